The first-order valence-electron chi connectivity index (χ1n) is 8.95. The highest BCUT2D eigenvalue weighted by Gasteiger charge is 2.05. The second kappa shape index (κ2) is 12.8. The van der Waals surface area contributed by atoms with E-state index in [0.717, 1.165) is 43.4 Å². The third-order valence-corrected chi connectivity index (χ3v) is 4.91. The van der Waals surface area contributed by atoms with Crippen LogP contribution < -0.4 is 20.1 Å². The molecular weight excluding hydrogens is 473 g/mol. The van der Waals surface area contributed by atoms with Crippen LogP contribution in [-0.4, -0.2) is 33.3 Å². The van der Waals surface area contributed by atoms with Gasteiger partial charge in [-0.2, -0.15) is 0 Å². The molecule has 0 radical (unpaired) electrons. The zero-order valence-corrected chi connectivity index (χ0v) is 19.6. The number of nitrogens with zero attached hydrogens (tertiary/aromatic N) is 1. The fourth-order valence-electron chi connectivity index (χ4n) is 2.62. The molecular formula is C20H30IN3O2S. The van der Waals surface area contributed by atoms with E-state index in [1.807, 2.05) is 13.0 Å². The molecule has 0 atom stereocenters. The number of guanidine groups is 1. The van der Waals surface area contributed by atoms with E-state index in [1.54, 1.807) is 25.5 Å². The van der Waals surface area contributed by atoms with Gasteiger partial charge in [0.2, 0.25) is 0 Å². The van der Waals surface area contributed by atoms with Gasteiger partial charge in [-0.05, 0) is 56.5 Å². The Labute approximate surface area is 183 Å². The molecule has 0 amide bonds. The summed E-state index contributed by atoms with van der Waals surface area (Å²) in [5.41, 5.74) is 1.24. The smallest absolute Gasteiger partial charge is 0.191 e. The molecule has 0 aliphatic heterocycles. The number of halogens is 1. The standard InChI is InChI=1S/C20H29N3O2S.HI/c1-5-25-19-13-16(9-11-18(19)24-4)7-6-12-22-20(21-3)23-14-17-10-8-15(2)26-17;/h8-11,13H,5-7,12,14H2,1-4H3,(H2,21,22,23);1H. The van der Waals surface area contributed by atoms with Gasteiger partial charge in [-0.3, -0.25) is 4.99 Å². The molecule has 2 aromatic rings. The summed E-state index contributed by atoms with van der Waals surface area (Å²) in [6, 6.07) is 10.4. The fourth-order valence-corrected chi connectivity index (χ4v) is 3.45. The topological polar surface area (TPSA) is 54.9 Å². The number of methoxy groups -OCH3 is 1. The van der Waals surface area contributed by atoms with Crippen LogP contribution in [0.15, 0.2) is 35.3 Å². The van der Waals surface area contributed by atoms with E-state index in [9.17, 15) is 0 Å². The Morgan fingerprint density at radius 3 is 2.59 bits per heavy atom. The normalized spacial score (nSPS) is 10.9. The second-order valence-electron chi connectivity index (χ2n) is 5.89. The zero-order valence-electron chi connectivity index (χ0n) is 16.5. The monoisotopic (exact) mass is 503 g/mol. The van der Waals surface area contributed by atoms with Crippen LogP contribution in [0, 0.1) is 6.92 Å². The number of aliphatic imine (C=N–C) groups is 1. The molecule has 150 valence electrons. The van der Waals surface area contributed by atoms with Gasteiger partial charge in [0, 0.05) is 23.3 Å². The Kier molecular flexibility index (Phi) is 11.2. The van der Waals surface area contributed by atoms with Crippen LogP contribution in [0.3, 0.4) is 0 Å². The summed E-state index contributed by atoms with van der Waals surface area (Å²) in [6.45, 7) is 6.39. The maximum atomic E-state index is 5.64. The summed E-state index contributed by atoms with van der Waals surface area (Å²) >= 11 is 1.81. The summed E-state index contributed by atoms with van der Waals surface area (Å²) in [6.07, 6.45) is 1.98. The van der Waals surface area contributed by atoms with Crippen LogP contribution in [0.1, 0.15) is 28.7 Å². The lowest BCUT2D eigenvalue weighted by molar-refractivity contribution is 0.310. The van der Waals surface area contributed by atoms with Crippen LogP contribution in [0.2, 0.25) is 0 Å². The molecule has 0 bridgehead atoms. The highest BCUT2D eigenvalue weighted by Crippen LogP contribution is 2.28. The van der Waals surface area contributed by atoms with E-state index in [1.165, 1.54) is 15.3 Å². The lowest BCUT2D eigenvalue weighted by atomic mass is 10.1. The predicted octanol–water partition coefficient (Wildman–Crippen LogP) is 4.38. The molecule has 0 aliphatic rings. The van der Waals surface area contributed by atoms with Crippen molar-refractivity contribution in [3.05, 3.63) is 45.6 Å². The largest absolute Gasteiger partial charge is 0.493 e. The molecule has 0 saturated heterocycles. The van der Waals surface area contributed by atoms with Crippen LogP contribution >= 0.6 is 35.3 Å². The summed E-state index contributed by atoms with van der Waals surface area (Å²) in [5.74, 6) is 2.42. The Morgan fingerprint density at radius 2 is 1.96 bits per heavy atom. The number of thiophene rings is 1. The van der Waals surface area contributed by atoms with Crippen molar-refractivity contribution >= 4 is 41.3 Å². The molecule has 27 heavy (non-hydrogen) atoms. The van der Waals surface area contributed by atoms with Crippen molar-refractivity contribution in [2.24, 2.45) is 4.99 Å². The van der Waals surface area contributed by atoms with Gasteiger partial charge >= 0.3 is 0 Å². The molecule has 0 aliphatic carbocycles. The van der Waals surface area contributed by atoms with E-state index in [-0.39, 0.29) is 24.0 Å². The Morgan fingerprint density at radius 1 is 1.15 bits per heavy atom. The quantitative estimate of drug-likeness (QED) is 0.231. The van der Waals surface area contributed by atoms with Crippen molar-refractivity contribution in [1.82, 2.24) is 10.6 Å². The van der Waals surface area contributed by atoms with E-state index >= 15 is 0 Å². The Hall–Kier alpha value is -1.48. The maximum Gasteiger partial charge on any atom is 0.191 e. The van der Waals surface area contributed by atoms with Gasteiger partial charge in [-0.15, -0.1) is 35.3 Å². The van der Waals surface area contributed by atoms with Crippen LogP contribution in [0.25, 0.3) is 0 Å². The van der Waals surface area contributed by atoms with Crippen molar-refractivity contribution in [2.45, 2.75) is 33.2 Å². The number of hydrogen-bond donors (Lipinski definition) is 2. The molecule has 5 nitrogen and oxygen atoms in total. The van der Waals surface area contributed by atoms with Gasteiger partial charge in [-0.1, -0.05) is 6.07 Å². The maximum absolute atomic E-state index is 5.64. The minimum Gasteiger partial charge on any atom is -0.493 e. The SMILES string of the molecule is CCOc1cc(CCCNC(=NC)NCc2ccc(C)s2)ccc1OC.I. The minimum absolute atomic E-state index is 0. The highest BCUT2D eigenvalue weighted by molar-refractivity contribution is 14.0. The lowest BCUT2D eigenvalue weighted by Gasteiger charge is -2.12. The molecule has 0 spiro atoms. The first-order valence-corrected chi connectivity index (χ1v) is 9.77. The van der Waals surface area contributed by atoms with Crippen molar-refractivity contribution in [3.63, 3.8) is 0 Å². The number of ether oxygens (including phenoxy) is 2. The van der Waals surface area contributed by atoms with Crippen molar-refractivity contribution < 1.29 is 9.47 Å². The molecule has 1 aromatic heterocycles. The molecule has 0 unspecified atom stereocenters. The number of nitrogens with one attached hydrogen (secondary N) is 2. The zero-order chi connectivity index (χ0) is 18.8. The summed E-state index contributed by atoms with van der Waals surface area (Å²) < 4.78 is 11.0. The first-order chi connectivity index (χ1) is 12.7. The van der Waals surface area contributed by atoms with Crippen molar-refractivity contribution in [2.75, 3.05) is 27.3 Å². The van der Waals surface area contributed by atoms with Gasteiger partial charge in [0.1, 0.15) is 0 Å². The van der Waals surface area contributed by atoms with E-state index in [2.05, 4.69) is 46.8 Å². The number of aryl methyl sites for hydroxylation is 2. The van der Waals surface area contributed by atoms with E-state index < -0.39 is 0 Å². The van der Waals surface area contributed by atoms with Crippen molar-refractivity contribution in [1.29, 1.82) is 0 Å². The van der Waals surface area contributed by atoms with Gasteiger partial charge in [0.05, 0.1) is 20.3 Å². The molecule has 2 rings (SSSR count). The van der Waals surface area contributed by atoms with Gasteiger partial charge < -0.3 is 20.1 Å². The fraction of sp³-hybridized carbons (Fsp3) is 0.450. The van der Waals surface area contributed by atoms with Crippen LogP contribution in [-0.2, 0) is 13.0 Å². The molecule has 1 heterocycles. The highest BCUT2D eigenvalue weighted by atomic mass is 127. The van der Waals surface area contributed by atoms with Crippen molar-refractivity contribution in [3.8, 4) is 11.5 Å². The number of hydrogen-bond acceptors (Lipinski definition) is 4. The minimum atomic E-state index is 0. The molecule has 1 aromatic carbocycles. The lowest BCUT2D eigenvalue weighted by Crippen LogP contribution is -2.37. The van der Waals surface area contributed by atoms with Crippen LogP contribution in [0.5, 0.6) is 11.5 Å². The van der Waals surface area contributed by atoms with E-state index in [0.29, 0.717) is 6.61 Å². The average Bonchev–Trinajstić information content (AvgIpc) is 3.07. The number of rotatable bonds is 9. The third kappa shape index (κ3) is 7.96. The predicted molar refractivity (Wildman–Crippen MR) is 125 cm³/mol. The molecule has 0 saturated carbocycles. The number of benzene rings is 1. The first kappa shape index (κ1) is 23.6. The van der Waals surface area contributed by atoms with Gasteiger partial charge in [0.15, 0.2) is 17.5 Å². The molecule has 2 N–H and O–H groups in total. The van der Waals surface area contributed by atoms with Gasteiger partial charge in [-0.25, -0.2) is 0 Å². The molecule has 7 heteroatoms. The third-order valence-electron chi connectivity index (χ3n) is 3.91. The Balaban J connectivity index is 0.00000364. The molecule has 0 fully saturated rings. The van der Waals surface area contributed by atoms with E-state index in [4.69, 9.17) is 9.47 Å². The van der Waals surface area contributed by atoms with Crippen LogP contribution in [0.4, 0.5) is 0 Å². The summed E-state index contributed by atoms with van der Waals surface area (Å²) in [4.78, 5) is 6.92. The average molecular weight is 503 g/mol. The Bertz CT molecular complexity index is 719. The second-order valence-corrected chi connectivity index (χ2v) is 7.26. The van der Waals surface area contributed by atoms with Gasteiger partial charge in [0.25, 0.3) is 0 Å². The summed E-state index contributed by atoms with van der Waals surface area (Å²) in [5, 5.41) is 6.72. The summed E-state index contributed by atoms with van der Waals surface area (Å²) in [7, 11) is 3.46.